The molecule has 1 amide bonds. The Morgan fingerprint density at radius 1 is 1.62 bits per heavy atom. The molecule has 5 heteroatoms. The molecule has 0 aliphatic heterocycles. The molecule has 2 N–H and O–H groups in total. The number of hydrogen-bond acceptors (Lipinski definition) is 3. The number of carbonyl (C=O) groups is 2. The first-order valence-electron chi connectivity index (χ1n) is 3.32. The molecule has 0 saturated carbocycles. The minimum Gasteiger partial charge on any atom is -0.366 e. The van der Waals surface area contributed by atoms with E-state index in [2.05, 4.69) is 20.9 Å². The van der Waals surface area contributed by atoms with Crippen molar-refractivity contribution in [3.8, 4) is 0 Å². The molecule has 1 heterocycles. The third-order valence-corrected chi connectivity index (χ3v) is 2.13. The average Bonchev–Trinajstić information content (AvgIpc) is 2.13. The van der Waals surface area contributed by atoms with E-state index in [1.54, 1.807) is 6.07 Å². The maximum atomic E-state index is 10.6. The second-order valence-corrected chi connectivity index (χ2v) is 2.95. The van der Waals surface area contributed by atoms with Crippen molar-refractivity contribution < 1.29 is 9.59 Å². The lowest BCUT2D eigenvalue weighted by Gasteiger charge is -1.98. The fourth-order valence-electron chi connectivity index (χ4n) is 0.693. The van der Waals surface area contributed by atoms with Gasteiger partial charge in [-0.05, 0) is 34.5 Å². The van der Waals surface area contributed by atoms with Gasteiger partial charge in [0, 0.05) is 6.20 Å². The first kappa shape index (κ1) is 11.8. The summed E-state index contributed by atoms with van der Waals surface area (Å²) in [5, 5.41) is 0. The van der Waals surface area contributed by atoms with Gasteiger partial charge >= 0.3 is 0 Å². The van der Waals surface area contributed by atoms with Crippen molar-refractivity contribution in [2.75, 3.05) is 0 Å². The maximum absolute atomic E-state index is 10.6. The minimum atomic E-state index is -0.451. The van der Waals surface area contributed by atoms with Crippen LogP contribution in [0.2, 0.25) is 0 Å². The molecule has 70 valence electrons. The van der Waals surface area contributed by atoms with Gasteiger partial charge in [-0.15, -0.1) is 0 Å². The molecule has 1 aromatic heterocycles. The van der Waals surface area contributed by atoms with Crippen molar-refractivity contribution in [1.82, 2.24) is 4.98 Å². The summed E-state index contributed by atoms with van der Waals surface area (Å²) in [6.45, 7) is 3.85. The Bertz CT molecular complexity index is 315. The number of rotatable bonds is 1. The highest BCUT2D eigenvalue weighted by Gasteiger charge is 2.02. The van der Waals surface area contributed by atoms with Crippen LogP contribution >= 0.6 is 15.9 Å². The average molecular weight is 245 g/mol. The molecule has 0 unspecified atom stereocenters. The first-order chi connectivity index (χ1) is 6.11. The fraction of sp³-hybridized carbons (Fsp3) is 0.125. The second kappa shape index (κ2) is 5.42. The van der Waals surface area contributed by atoms with Gasteiger partial charge in [-0.25, -0.2) is 4.98 Å². The van der Waals surface area contributed by atoms with Gasteiger partial charge in [0.15, 0.2) is 0 Å². The third kappa shape index (κ3) is 3.33. The number of primary amides is 1. The molecular weight excluding hydrogens is 236 g/mol. The van der Waals surface area contributed by atoms with Gasteiger partial charge in [0.25, 0.3) is 0 Å². The topological polar surface area (TPSA) is 73.1 Å². The summed E-state index contributed by atoms with van der Waals surface area (Å²) in [5.74, 6) is -0.451. The normalized spacial score (nSPS) is 8.46. The first-order valence-corrected chi connectivity index (χ1v) is 4.11. The van der Waals surface area contributed by atoms with E-state index < -0.39 is 5.91 Å². The number of aryl methyl sites for hydroxylation is 1. The van der Waals surface area contributed by atoms with Crippen LogP contribution in [-0.2, 0) is 4.79 Å². The highest BCUT2D eigenvalue weighted by atomic mass is 79.9. The van der Waals surface area contributed by atoms with E-state index in [1.807, 2.05) is 13.7 Å². The van der Waals surface area contributed by atoms with E-state index in [1.165, 1.54) is 6.20 Å². The summed E-state index contributed by atoms with van der Waals surface area (Å²) in [4.78, 5) is 22.5. The summed E-state index contributed by atoms with van der Waals surface area (Å²) >= 11 is 3.22. The van der Waals surface area contributed by atoms with E-state index in [4.69, 9.17) is 10.5 Å². The Kier molecular flexibility index (Phi) is 4.91. The summed E-state index contributed by atoms with van der Waals surface area (Å²) in [6, 6.07) is 1.69. The SMILES string of the molecule is C=O.Cc1cc(C(N)=O)cnc1Br. The quantitative estimate of drug-likeness (QED) is 0.752. The lowest BCUT2D eigenvalue weighted by atomic mass is 10.2. The molecular formula is C8H9BrN2O2. The molecule has 1 aromatic rings. The molecule has 0 aliphatic carbocycles. The molecule has 0 aliphatic rings. The number of hydrogen-bond donors (Lipinski definition) is 1. The van der Waals surface area contributed by atoms with Crippen LogP contribution in [-0.4, -0.2) is 17.7 Å². The molecule has 0 spiro atoms. The monoisotopic (exact) mass is 244 g/mol. The standard InChI is InChI=1S/C7H7BrN2O.CH2O/c1-4-2-5(7(9)11)3-10-6(4)8;1-2/h2-3H,1H3,(H2,9,11);1H2. The fourth-order valence-corrected chi connectivity index (χ4v) is 0.910. The van der Waals surface area contributed by atoms with Gasteiger partial charge in [-0.2, -0.15) is 0 Å². The van der Waals surface area contributed by atoms with Crippen LogP contribution in [0.4, 0.5) is 0 Å². The smallest absolute Gasteiger partial charge is 0.250 e. The number of nitrogens with zero attached hydrogens (tertiary/aromatic N) is 1. The van der Waals surface area contributed by atoms with Crippen LogP contribution in [0.25, 0.3) is 0 Å². The van der Waals surface area contributed by atoms with E-state index in [-0.39, 0.29) is 0 Å². The molecule has 0 radical (unpaired) electrons. The minimum absolute atomic E-state index is 0.436. The lowest BCUT2D eigenvalue weighted by Crippen LogP contribution is -2.11. The number of carbonyl (C=O) groups excluding carboxylic acids is 2. The van der Waals surface area contributed by atoms with Gasteiger partial charge in [-0.1, -0.05) is 0 Å². The van der Waals surface area contributed by atoms with E-state index in [9.17, 15) is 4.79 Å². The Morgan fingerprint density at radius 3 is 2.54 bits per heavy atom. The number of aromatic nitrogens is 1. The van der Waals surface area contributed by atoms with Crippen molar-refractivity contribution >= 4 is 28.6 Å². The van der Waals surface area contributed by atoms with E-state index in [0.29, 0.717) is 5.56 Å². The summed E-state index contributed by atoms with van der Waals surface area (Å²) < 4.78 is 0.738. The van der Waals surface area contributed by atoms with Crippen LogP contribution in [0, 0.1) is 6.92 Å². The lowest BCUT2D eigenvalue weighted by molar-refractivity contribution is -0.0979. The molecule has 0 atom stereocenters. The van der Waals surface area contributed by atoms with Gasteiger partial charge in [0.1, 0.15) is 11.4 Å². The van der Waals surface area contributed by atoms with Crippen molar-refractivity contribution in [3.05, 3.63) is 28.0 Å². The van der Waals surface area contributed by atoms with E-state index >= 15 is 0 Å². The zero-order valence-electron chi connectivity index (χ0n) is 7.08. The van der Waals surface area contributed by atoms with Crippen LogP contribution < -0.4 is 5.73 Å². The van der Waals surface area contributed by atoms with Gasteiger partial charge in [-0.3, -0.25) is 4.79 Å². The van der Waals surface area contributed by atoms with Crippen molar-refractivity contribution in [1.29, 1.82) is 0 Å². The highest BCUT2D eigenvalue weighted by Crippen LogP contribution is 2.12. The number of nitrogens with two attached hydrogens (primary N) is 1. The Hall–Kier alpha value is -1.23. The molecule has 4 nitrogen and oxygen atoms in total. The summed E-state index contributed by atoms with van der Waals surface area (Å²) in [6.07, 6.45) is 1.44. The number of pyridine rings is 1. The Labute approximate surface area is 84.3 Å². The third-order valence-electron chi connectivity index (χ3n) is 1.30. The second-order valence-electron chi connectivity index (χ2n) is 2.20. The molecule has 0 fully saturated rings. The summed E-state index contributed by atoms with van der Waals surface area (Å²) in [7, 11) is 0. The van der Waals surface area contributed by atoms with Gasteiger partial charge < -0.3 is 10.5 Å². The van der Waals surface area contributed by atoms with E-state index in [0.717, 1.165) is 10.2 Å². The van der Waals surface area contributed by atoms with Crippen LogP contribution in [0.5, 0.6) is 0 Å². The molecule has 0 saturated heterocycles. The molecule has 13 heavy (non-hydrogen) atoms. The van der Waals surface area contributed by atoms with Crippen molar-refractivity contribution in [2.24, 2.45) is 5.73 Å². The zero-order chi connectivity index (χ0) is 10.4. The molecule has 0 bridgehead atoms. The van der Waals surface area contributed by atoms with Crippen molar-refractivity contribution in [3.63, 3.8) is 0 Å². The van der Waals surface area contributed by atoms with Crippen LogP contribution in [0.1, 0.15) is 15.9 Å². The van der Waals surface area contributed by atoms with Gasteiger partial charge in [0.05, 0.1) is 5.56 Å². The molecule has 1 rings (SSSR count). The predicted octanol–water partition coefficient (Wildman–Crippen LogP) is 1.07. The van der Waals surface area contributed by atoms with Crippen LogP contribution in [0.15, 0.2) is 16.9 Å². The summed E-state index contributed by atoms with van der Waals surface area (Å²) in [5.41, 5.74) is 6.38. The highest BCUT2D eigenvalue weighted by molar-refractivity contribution is 9.10. The predicted molar refractivity (Wildman–Crippen MR) is 52.3 cm³/mol. The zero-order valence-corrected chi connectivity index (χ0v) is 8.67. The number of halogens is 1. The maximum Gasteiger partial charge on any atom is 0.250 e. The Morgan fingerprint density at radius 2 is 2.15 bits per heavy atom. The largest absolute Gasteiger partial charge is 0.366 e. The van der Waals surface area contributed by atoms with Crippen LogP contribution in [0.3, 0.4) is 0 Å². The van der Waals surface area contributed by atoms with Crippen molar-refractivity contribution in [2.45, 2.75) is 6.92 Å². The van der Waals surface area contributed by atoms with Gasteiger partial charge in [0.2, 0.25) is 5.91 Å². The molecule has 0 aromatic carbocycles. The Balaban J connectivity index is 0.000000671. The number of amides is 1.